The molecule has 3 rings (SSSR count). The molecule has 3 heteroatoms. The van der Waals surface area contributed by atoms with Crippen LogP contribution in [0.1, 0.15) is 16.7 Å². The molecule has 0 N–H and O–H groups in total. The molecule has 0 heterocycles. The van der Waals surface area contributed by atoms with E-state index in [-0.39, 0.29) is 5.82 Å². The molecule has 20 heavy (non-hydrogen) atoms. The van der Waals surface area contributed by atoms with Gasteiger partial charge in [0.2, 0.25) is 0 Å². The number of benzene rings is 2. The normalized spacial score (nSPS) is 15.7. The van der Waals surface area contributed by atoms with Crippen LogP contribution in [0.25, 0.3) is 0 Å². The molecule has 0 saturated heterocycles. The predicted molar refractivity (Wildman–Crippen MR) is 79.7 cm³/mol. The number of rotatable bonds is 2. The zero-order chi connectivity index (χ0) is 14.2. The standard InChI is InChI=1S/C17H13BrFN/c18-15-5-6-16(19)14(7-15)10-17(11-20)8-12-3-1-2-4-13(12)9-17/h1-7H,8-10H2. The highest BCUT2D eigenvalue weighted by Gasteiger charge is 2.38. The predicted octanol–water partition coefficient (Wildman–Crippen LogP) is 4.44. The number of hydrogen-bond donors (Lipinski definition) is 0. The van der Waals surface area contributed by atoms with Crippen molar-refractivity contribution in [2.24, 2.45) is 5.41 Å². The zero-order valence-corrected chi connectivity index (χ0v) is 12.5. The molecular weight excluding hydrogens is 317 g/mol. The topological polar surface area (TPSA) is 23.8 Å². The van der Waals surface area contributed by atoms with Crippen molar-refractivity contribution < 1.29 is 4.39 Å². The highest BCUT2D eigenvalue weighted by molar-refractivity contribution is 9.10. The smallest absolute Gasteiger partial charge is 0.126 e. The van der Waals surface area contributed by atoms with Gasteiger partial charge in [0.25, 0.3) is 0 Å². The fraction of sp³-hybridized carbons (Fsp3) is 0.235. The summed E-state index contributed by atoms with van der Waals surface area (Å²) in [6.07, 6.45) is 1.85. The Kier molecular flexibility index (Phi) is 3.35. The van der Waals surface area contributed by atoms with Gasteiger partial charge in [-0.2, -0.15) is 5.26 Å². The highest BCUT2D eigenvalue weighted by atomic mass is 79.9. The monoisotopic (exact) mass is 329 g/mol. The molecule has 0 bridgehead atoms. The van der Waals surface area contributed by atoms with Crippen LogP contribution in [0.4, 0.5) is 4.39 Å². The van der Waals surface area contributed by atoms with Crippen molar-refractivity contribution >= 4 is 15.9 Å². The van der Waals surface area contributed by atoms with Gasteiger partial charge in [-0.3, -0.25) is 0 Å². The third-order valence-corrected chi connectivity index (χ3v) is 4.44. The average molecular weight is 330 g/mol. The van der Waals surface area contributed by atoms with Gasteiger partial charge in [-0.15, -0.1) is 0 Å². The summed E-state index contributed by atoms with van der Waals surface area (Å²) in [5.41, 5.74) is 2.51. The van der Waals surface area contributed by atoms with Crippen LogP contribution >= 0.6 is 15.9 Å². The Bertz CT molecular complexity index is 677. The average Bonchev–Trinajstić information content (AvgIpc) is 2.81. The third-order valence-electron chi connectivity index (χ3n) is 3.95. The molecule has 0 aromatic heterocycles. The summed E-state index contributed by atoms with van der Waals surface area (Å²) in [5.74, 6) is -0.237. The first-order valence-electron chi connectivity index (χ1n) is 6.54. The van der Waals surface area contributed by atoms with Crippen molar-refractivity contribution in [1.82, 2.24) is 0 Å². The summed E-state index contributed by atoms with van der Waals surface area (Å²) in [6.45, 7) is 0. The third kappa shape index (κ3) is 2.36. The van der Waals surface area contributed by atoms with Gasteiger partial charge >= 0.3 is 0 Å². The molecule has 0 saturated carbocycles. The number of nitriles is 1. The van der Waals surface area contributed by atoms with Crippen LogP contribution in [-0.4, -0.2) is 0 Å². The number of halogens is 2. The Balaban J connectivity index is 1.94. The Labute approximate surface area is 126 Å². The minimum atomic E-state index is -0.523. The van der Waals surface area contributed by atoms with E-state index in [4.69, 9.17) is 0 Å². The second kappa shape index (κ2) is 5.03. The molecule has 0 spiro atoms. The Morgan fingerprint density at radius 3 is 2.40 bits per heavy atom. The van der Waals surface area contributed by atoms with Gasteiger partial charge in [-0.05, 0) is 54.2 Å². The summed E-state index contributed by atoms with van der Waals surface area (Å²) in [5, 5.41) is 9.63. The van der Waals surface area contributed by atoms with Crippen LogP contribution in [0.15, 0.2) is 46.9 Å². The zero-order valence-electron chi connectivity index (χ0n) is 10.9. The Morgan fingerprint density at radius 1 is 1.15 bits per heavy atom. The maximum absolute atomic E-state index is 13.9. The van der Waals surface area contributed by atoms with Crippen LogP contribution in [0.5, 0.6) is 0 Å². The quantitative estimate of drug-likeness (QED) is 0.799. The van der Waals surface area contributed by atoms with Gasteiger partial charge in [0.1, 0.15) is 5.82 Å². The lowest BCUT2D eigenvalue weighted by Crippen LogP contribution is -2.22. The minimum absolute atomic E-state index is 0.237. The van der Waals surface area contributed by atoms with E-state index in [1.165, 1.54) is 17.2 Å². The second-order valence-corrected chi connectivity index (χ2v) is 6.34. The van der Waals surface area contributed by atoms with Gasteiger partial charge < -0.3 is 0 Å². The lowest BCUT2D eigenvalue weighted by atomic mass is 9.80. The lowest BCUT2D eigenvalue weighted by molar-refractivity contribution is 0.409. The van der Waals surface area contributed by atoms with Gasteiger partial charge in [0, 0.05) is 4.47 Å². The molecule has 0 radical (unpaired) electrons. The summed E-state index contributed by atoms with van der Waals surface area (Å²) in [4.78, 5) is 0. The second-order valence-electron chi connectivity index (χ2n) is 5.43. The number of nitrogens with zero attached hydrogens (tertiary/aromatic N) is 1. The maximum atomic E-state index is 13.9. The first-order valence-corrected chi connectivity index (χ1v) is 7.33. The van der Waals surface area contributed by atoms with Gasteiger partial charge in [-0.25, -0.2) is 4.39 Å². The molecule has 2 aromatic rings. The van der Waals surface area contributed by atoms with Crippen molar-refractivity contribution in [3.05, 3.63) is 69.4 Å². The molecule has 1 aliphatic carbocycles. The Hall–Kier alpha value is -1.66. The van der Waals surface area contributed by atoms with Gasteiger partial charge in [-0.1, -0.05) is 40.2 Å². The van der Waals surface area contributed by atoms with E-state index < -0.39 is 5.41 Å². The number of fused-ring (bicyclic) bond motifs is 1. The summed E-state index contributed by atoms with van der Waals surface area (Å²) < 4.78 is 14.8. The fourth-order valence-corrected chi connectivity index (χ4v) is 3.39. The largest absolute Gasteiger partial charge is 0.207 e. The van der Waals surface area contributed by atoms with E-state index in [0.717, 1.165) is 4.47 Å². The first-order chi connectivity index (χ1) is 9.62. The minimum Gasteiger partial charge on any atom is -0.207 e. The molecule has 0 atom stereocenters. The van der Waals surface area contributed by atoms with E-state index in [9.17, 15) is 9.65 Å². The number of hydrogen-bond acceptors (Lipinski definition) is 1. The molecule has 1 aliphatic rings. The molecule has 0 unspecified atom stereocenters. The van der Waals surface area contributed by atoms with E-state index in [1.54, 1.807) is 12.1 Å². The molecule has 0 amide bonds. The molecule has 0 fully saturated rings. The van der Waals surface area contributed by atoms with Gasteiger partial charge in [0.15, 0.2) is 0 Å². The highest BCUT2D eigenvalue weighted by Crippen LogP contribution is 2.39. The maximum Gasteiger partial charge on any atom is 0.126 e. The van der Waals surface area contributed by atoms with Crippen molar-refractivity contribution in [3.63, 3.8) is 0 Å². The first kappa shape index (κ1) is 13.3. The molecule has 0 aliphatic heterocycles. The summed E-state index contributed by atoms with van der Waals surface area (Å²) >= 11 is 3.36. The van der Waals surface area contributed by atoms with Gasteiger partial charge in [0.05, 0.1) is 11.5 Å². The summed E-state index contributed by atoms with van der Waals surface area (Å²) in [6, 6.07) is 15.5. The lowest BCUT2D eigenvalue weighted by Gasteiger charge is -2.20. The van der Waals surface area contributed by atoms with Crippen LogP contribution < -0.4 is 0 Å². The van der Waals surface area contributed by atoms with Crippen molar-refractivity contribution in [3.8, 4) is 6.07 Å². The Morgan fingerprint density at radius 2 is 1.80 bits per heavy atom. The van der Waals surface area contributed by atoms with Crippen LogP contribution in [0.2, 0.25) is 0 Å². The summed E-state index contributed by atoms with van der Waals surface area (Å²) in [7, 11) is 0. The molecule has 100 valence electrons. The molecule has 1 nitrogen and oxygen atoms in total. The van der Waals surface area contributed by atoms with E-state index in [1.807, 2.05) is 12.1 Å². The SMILES string of the molecule is N#CC1(Cc2cc(Br)ccc2F)Cc2ccccc2C1. The van der Waals surface area contributed by atoms with Crippen molar-refractivity contribution in [2.75, 3.05) is 0 Å². The van der Waals surface area contributed by atoms with E-state index in [0.29, 0.717) is 24.8 Å². The molecular formula is C17H13BrFN. The van der Waals surface area contributed by atoms with Crippen LogP contribution in [-0.2, 0) is 19.3 Å². The molecule has 2 aromatic carbocycles. The van der Waals surface area contributed by atoms with Crippen LogP contribution in [0, 0.1) is 22.6 Å². The van der Waals surface area contributed by atoms with E-state index >= 15 is 0 Å². The van der Waals surface area contributed by atoms with Crippen LogP contribution in [0.3, 0.4) is 0 Å². The van der Waals surface area contributed by atoms with Crippen molar-refractivity contribution in [1.29, 1.82) is 5.26 Å². The fourth-order valence-electron chi connectivity index (χ4n) is 2.98. The van der Waals surface area contributed by atoms with E-state index in [2.05, 4.69) is 34.1 Å². The van der Waals surface area contributed by atoms with Crippen molar-refractivity contribution in [2.45, 2.75) is 19.3 Å².